The van der Waals surface area contributed by atoms with Crippen LogP contribution in [-0.2, 0) is 11.2 Å². The number of likely N-dealkylation sites (tertiary alicyclic amines) is 1. The summed E-state index contributed by atoms with van der Waals surface area (Å²) in [7, 11) is 3.23. The van der Waals surface area contributed by atoms with E-state index in [-0.39, 0.29) is 11.8 Å². The molecular formula is C19H27N3O3. The first-order valence-corrected chi connectivity index (χ1v) is 8.76. The van der Waals surface area contributed by atoms with E-state index in [0.29, 0.717) is 24.5 Å². The fraction of sp³-hybridized carbons (Fsp3) is 0.579. The Morgan fingerprint density at radius 2 is 2.00 bits per heavy atom. The molecule has 0 atom stereocenters. The van der Waals surface area contributed by atoms with Gasteiger partial charge < -0.3 is 19.7 Å². The fourth-order valence-corrected chi connectivity index (χ4v) is 3.14. The predicted molar refractivity (Wildman–Crippen MR) is 95.7 cm³/mol. The molecule has 1 saturated heterocycles. The van der Waals surface area contributed by atoms with Crippen LogP contribution in [0.4, 0.5) is 0 Å². The van der Waals surface area contributed by atoms with Crippen LogP contribution in [0.25, 0.3) is 0 Å². The quantitative estimate of drug-likeness (QED) is 0.780. The molecule has 1 aromatic rings. The summed E-state index contributed by atoms with van der Waals surface area (Å²) in [5.41, 5.74) is 1.10. The first kappa shape index (κ1) is 19.1. The van der Waals surface area contributed by atoms with Crippen LogP contribution < -0.4 is 14.8 Å². The summed E-state index contributed by atoms with van der Waals surface area (Å²) in [5, 5.41) is 11.7. The van der Waals surface area contributed by atoms with Crippen LogP contribution >= 0.6 is 0 Å². The minimum atomic E-state index is 0.0868. The molecule has 0 radical (unpaired) electrons. The molecule has 6 nitrogen and oxygen atoms in total. The highest BCUT2D eigenvalue weighted by Crippen LogP contribution is 2.27. The van der Waals surface area contributed by atoms with Crippen LogP contribution in [-0.4, -0.2) is 51.2 Å². The molecule has 0 saturated carbocycles. The van der Waals surface area contributed by atoms with Crippen LogP contribution in [0.5, 0.6) is 11.5 Å². The Balaban J connectivity index is 1.73. The van der Waals surface area contributed by atoms with Crippen LogP contribution in [0.2, 0.25) is 0 Å². The zero-order valence-electron chi connectivity index (χ0n) is 15.1. The summed E-state index contributed by atoms with van der Waals surface area (Å²) in [5.74, 6) is 1.64. The molecule has 0 spiro atoms. The zero-order valence-corrected chi connectivity index (χ0v) is 15.1. The molecule has 2 rings (SSSR count). The van der Waals surface area contributed by atoms with Crippen molar-refractivity contribution in [3.8, 4) is 17.6 Å². The van der Waals surface area contributed by atoms with E-state index in [4.69, 9.17) is 14.7 Å². The third-order valence-electron chi connectivity index (χ3n) is 4.66. The van der Waals surface area contributed by atoms with Gasteiger partial charge in [0.2, 0.25) is 5.91 Å². The van der Waals surface area contributed by atoms with Crippen molar-refractivity contribution in [2.45, 2.75) is 25.7 Å². The number of nitriles is 1. The van der Waals surface area contributed by atoms with Crippen LogP contribution in [0.15, 0.2) is 18.2 Å². The monoisotopic (exact) mass is 345 g/mol. The molecule has 0 unspecified atom stereocenters. The number of carbonyl (C=O) groups excluding carboxylic acids is 1. The normalized spacial score (nSPS) is 15.4. The molecule has 0 aliphatic carbocycles. The number of nitrogens with zero attached hydrogens (tertiary/aromatic N) is 2. The highest BCUT2D eigenvalue weighted by atomic mass is 16.5. The van der Waals surface area contributed by atoms with E-state index >= 15 is 0 Å². The van der Waals surface area contributed by atoms with Crippen molar-refractivity contribution < 1.29 is 14.3 Å². The summed E-state index contributed by atoms with van der Waals surface area (Å²) >= 11 is 0. The molecule has 1 fully saturated rings. The topological polar surface area (TPSA) is 74.6 Å². The molecule has 0 bridgehead atoms. The molecule has 6 heteroatoms. The van der Waals surface area contributed by atoms with Crippen molar-refractivity contribution in [1.82, 2.24) is 10.2 Å². The maximum absolute atomic E-state index is 12.3. The minimum Gasteiger partial charge on any atom is -0.493 e. The van der Waals surface area contributed by atoms with Crippen molar-refractivity contribution in [2.75, 3.05) is 40.4 Å². The van der Waals surface area contributed by atoms with Gasteiger partial charge in [0.25, 0.3) is 0 Å². The molecule has 1 aliphatic rings. The third-order valence-corrected chi connectivity index (χ3v) is 4.66. The van der Waals surface area contributed by atoms with E-state index in [1.165, 1.54) is 0 Å². The zero-order chi connectivity index (χ0) is 18.1. The maximum atomic E-state index is 12.3. The van der Waals surface area contributed by atoms with Crippen LogP contribution in [0.3, 0.4) is 0 Å². The first-order valence-electron chi connectivity index (χ1n) is 8.76. The number of methoxy groups -OCH3 is 2. The number of benzene rings is 1. The molecule has 0 aromatic heterocycles. The Morgan fingerprint density at radius 1 is 1.28 bits per heavy atom. The number of rotatable bonds is 8. The number of hydrogen-bond acceptors (Lipinski definition) is 5. The van der Waals surface area contributed by atoms with E-state index in [1.807, 2.05) is 18.2 Å². The predicted octanol–water partition coefficient (Wildman–Crippen LogP) is 1.99. The molecule has 25 heavy (non-hydrogen) atoms. The highest BCUT2D eigenvalue weighted by molar-refractivity contribution is 5.78. The Kier molecular flexibility index (Phi) is 7.55. The van der Waals surface area contributed by atoms with Gasteiger partial charge in [0, 0.05) is 25.4 Å². The summed E-state index contributed by atoms with van der Waals surface area (Å²) in [6, 6.07) is 7.98. The number of amides is 1. The average molecular weight is 345 g/mol. The number of ether oxygens (including phenoxy) is 2. The molecule has 1 heterocycles. The van der Waals surface area contributed by atoms with Gasteiger partial charge in [0.1, 0.15) is 0 Å². The molecule has 1 amide bonds. The Labute approximate surface area is 149 Å². The number of piperidine rings is 1. The Hall–Kier alpha value is -2.26. The minimum absolute atomic E-state index is 0.0868. The van der Waals surface area contributed by atoms with Gasteiger partial charge in [-0.25, -0.2) is 0 Å². The summed E-state index contributed by atoms with van der Waals surface area (Å²) in [6.07, 6.45) is 3.05. The number of carbonyl (C=O) groups is 1. The van der Waals surface area contributed by atoms with Crippen LogP contribution in [0, 0.1) is 17.2 Å². The smallest absolute Gasteiger partial charge is 0.223 e. The summed E-state index contributed by atoms with van der Waals surface area (Å²) in [6.45, 7) is 3.22. The molecule has 1 aliphatic heterocycles. The SMILES string of the molecule is COc1ccc(CCNC(=O)C2CCN(CCC#N)CC2)cc1OC. The van der Waals surface area contributed by atoms with E-state index in [2.05, 4.69) is 16.3 Å². The molecule has 1 aromatic carbocycles. The first-order chi connectivity index (χ1) is 12.2. The van der Waals surface area contributed by atoms with E-state index in [9.17, 15) is 4.79 Å². The van der Waals surface area contributed by atoms with Gasteiger partial charge in [0.15, 0.2) is 11.5 Å². The lowest BCUT2D eigenvalue weighted by Gasteiger charge is -2.30. The third kappa shape index (κ3) is 5.64. The fourth-order valence-electron chi connectivity index (χ4n) is 3.14. The van der Waals surface area contributed by atoms with Crippen LogP contribution in [0.1, 0.15) is 24.8 Å². The Bertz CT molecular complexity index is 604. The van der Waals surface area contributed by atoms with Gasteiger partial charge in [-0.2, -0.15) is 5.26 Å². The van der Waals surface area contributed by atoms with Crippen molar-refractivity contribution in [1.29, 1.82) is 5.26 Å². The molecule has 1 N–H and O–H groups in total. The number of nitrogens with one attached hydrogen (secondary N) is 1. The van der Waals surface area contributed by atoms with E-state index in [0.717, 1.165) is 44.5 Å². The highest BCUT2D eigenvalue weighted by Gasteiger charge is 2.24. The van der Waals surface area contributed by atoms with Gasteiger partial charge in [0.05, 0.1) is 20.3 Å². The second-order valence-electron chi connectivity index (χ2n) is 6.25. The van der Waals surface area contributed by atoms with Gasteiger partial charge in [-0.3, -0.25) is 4.79 Å². The van der Waals surface area contributed by atoms with Crippen molar-refractivity contribution in [3.63, 3.8) is 0 Å². The van der Waals surface area contributed by atoms with Gasteiger partial charge in [-0.05, 0) is 50.0 Å². The van der Waals surface area contributed by atoms with Crippen molar-refractivity contribution in [2.24, 2.45) is 5.92 Å². The molecule has 136 valence electrons. The van der Waals surface area contributed by atoms with Gasteiger partial charge in [-0.15, -0.1) is 0 Å². The van der Waals surface area contributed by atoms with Gasteiger partial charge in [-0.1, -0.05) is 6.07 Å². The van der Waals surface area contributed by atoms with Gasteiger partial charge >= 0.3 is 0 Å². The van der Waals surface area contributed by atoms with E-state index < -0.39 is 0 Å². The standard InChI is InChI=1S/C19H27N3O3/c1-24-17-5-4-15(14-18(17)25-2)6-10-21-19(23)16-7-12-22(13-8-16)11-3-9-20/h4-5,14,16H,3,6-8,10-13H2,1-2H3,(H,21,23). The lowest BCUT2D eigenvalue weighted by atomic mass is 9.95. The lowest BCUT2D eigenvalue weighted by molar-refractivity contribution is -0.126. The summed E-state index contributed by atoms with van der Waals surface area (Å²) in [4.78, 5) is 14.6. The number of hydrogen-bond donors (Lipinski definition) is 1. The molecular weight excluding hydrogens is 318 g/mol. The van der Waals surface area contributed by atoms with Crippen molar-refractivity contribution in [3.05, 3.63) is 23.8 Å². The second kappa shape index (κ2) is 9.90. The second-order valence-corrected chi connectivity index (χ2v) is 6.25. The average Bonchev–Trinajstić information content (AvgIpc) is 2.66. The lowest BCUT2D eigenvalue weighted by Crippen LogP contribution is -2.41. The maximum Gasteiger partial charge on any atom is 0.223 e. The summed E-state index contributed by atoms with van der Waals surface area (Å²) < 4.78 is 10.5. The Morgan fingerprint density at radius 3 is 2.64 bits per heavy atom. The van der Waals surface area contributed by atoms with E-state index in [1.54, 1.807) is 14.2 Å². The largest absolute Gasteiger partial charge is 0.493 e. The van der Waals surface area contributed by atoms with Crippen molar-refractivity contribution >= 4 is 5.91 Å².